The highest BCUT2D eigenvalue weighted by Gasteiger charge is 2.10. The molecule has 0 radical (unpaired) electrons. The van der Waals surface area contributed by atoms with Gasteiger partial charge in [0.05, 0.1) is 0 Å². The van der Waals surface area contributed by atoms with E-state index in [1.165, 1.54) is 22.9 Å². The third-order valence-corrected chi connectivity index (χ3v) is 3.09. The molecule has 2 aromatic rings. The highest BCUT2D eigenvalue weighted by atomic mass is 127. The van der Waals surface area contributed by atoms with Crippen LogP contribution in [0.25, 0.3) is 10.9 Å². The highest BCUT2D eigenvalue weighted by Crippen LogP contribution is 2.14. The van der Waals surface area contributed by atoms with Crippen LogP contribution in [0.15, 0.2) is 36.5 Å². The summed E-state index contributed by atoms with van der Waals surface area (Å²) in [5.41, 5.74) is 2.71. The number of aryl methyl sites for hydroxylation is 2. The predicted molar refractivity (Wildman–Crippen MR) is 68.3 cm³/mol. The van der Waals surface area contributed by atoms with E-state index in [4.69, 9.17) is 0 Å². The van der Waals surface area contributed by atoms with E-state index in [1.54, 1.807) is 0 Å². The number of halogens is 1. The first-order chi connectivity index (χ1) is 7.68. The van der Waals surface area contributed by atoms with Gasteiger partial charge in [-0.05, 0) is 24.5 Å². The average Bonchev–Trinajstić information content (AvgIpc) is 2.28. The van der Waals surface area contributed by atoms with E-state index in [-0.39, 0.29) is 24.0 Å². The normalized spacial score (nSPS) is 10.6. The van der Waals surface area contributed by atoms with Gasteiger partial charge in [0.2, 0.25) is 5.52 Å². The van der Waals surface area contributed by atoms with Crippen LogP contribution in [0.4, 0.5) is 0 Å². The molecule has 0 atom stereocenters. The van der Waals surface area contributed by atoms with Crippen LogP contribution in [-0.2, 0) is 6.54 Å². The minimum Gasteiger partial charge on any atom is -1.00 e. The molecule has 1 aromatic carbocycles. The number of aromatic nitrogens is 1. The zero-order valence-electron chi connectivity index (χ0n) is 10.8. The molecule has 1 nitrogen and oxygen atoms in total. The molecule has 17 heavy (non-hydrogen) atoms. The number of benzene rings is 1. The molecule has 0 aliphatic carbocycles. The maximum absolute atomic E-state index is 2.36. The van der Waals surface area contributed by atoms with Crippen molar-refractivity contribution in [2.24, 2.45) is 5.92 Å². The monoisotopic (exact) mass is 341 g/mol. The van der Waals surface area contributed by atoms with E-state index in [9.17, 15) is 0 Å². The second-order valence-electron chi connectivity index (χ2n) is 4.89. The van der Waals surface area contributed by atoms with Crippen molar-refractivity contribution in [1.29, 1.82) is 0 Å². The van der Waals surface area contributed by atoms with E-state index in [0.717, 1.165) is 12.5 Å². The van der Waals surface area contributed by atoms with Crippen molar-refractivity contribution in [3.63, 3.8) is 0 Å². The van der Waals surface area contributed by atoms with Crippen LogP contribution in [-0.4, -0.2) is 0 Å². The maximum Gasteiger partial charge on any atom is 0.212 e. The van der Waals surface area contributed by atoms with Gasteiger partial charge in [0.1, 0.15) is 6.54 Å². The average molecular weight is 341 g/mol. The topological polar surface area (TPSA) is 3.88 Å². The minimum absolute atomic E-state index is 0. The smallest absolute Gasteiger partial charge is 0.212 e. The Kier molecular flexibility index (Phi) is 5.37. The fraction of sp³-hybridized carbons (Fsp3) is 0.400. The molecule has 0 aliphatic rings. The number of pyridine rings is 1. The van der Waals surface area contributed by atoms with E-state index < -0.39 is 0 Å². The van der Waals surface area contributed by atoms with Crippen molar-refractivity contribution in [1.82, 2.24) is 0 Å². The van der Waals surface area contributed by atoms with Crippen LogP contribution in [0.1, 0.15) is 25.8 Å². The van der Waals surface area contributed by atoms with Crippen molar-refractivity contribution in [2.75, 3.05) is 0 Å². The number of nitrogens with zero attached hydrogens (tertiary/aromatic N) is 1. The Balaban J connectivity index is 0.00000144. The van der Waals surface area contributed by atoms with E-state index >= 15 is 0 Å². The Morgan fingerprint density at radius 1 is 1.12 bits per heavy atom. The van der Waals surface area contributed by atoms with Gasteiger partial charge in [-0.1, -0.05) is 26.0 Å². The van der Waals surface area contributed by atoms with Crippen molar-refractivity contribution in [2.45, 2.75) is 33.7 Å². The second kappa shape index (κ2) is 6.34. The van der Waals surface area contributed by atoms with Gasteiger partial charge in [-0.15, -0.1) is 0 Å². The van der Waals surface area contributed by atoms with Gasteiger partial charge < -0.3 is 24.0 Å². The SMILES string of the molecule is Cc1cc[n+](CCC(C)C)c2ccccc12.[I-]. The van der Waals surface area contributed by atoms with E-state index in [0.29, 0.717) is 0 Å². The van der Waals surface area contributed by atoms with Crippen molar-refractivity contribution in [3.8, 4) is 0 Å². The van der Waals surface area contributed by atoms with Gasteiger partial charge in [0, 0.05) is 23.9 Å². The standard InChI is InChI=1S/C15H20N.HI/c1-12(2)8-10-16-11-9-13(3)14-6-4-5-7-15(14)16;/h4-7,9,11-12H,8,10H2,1-3H3;1H/q+1;/p-1. The molecule has 0 unspecified atom stereocenters. The third kappa shape index (κ3) is 3.41. The minimum atomic E-state index is 0. The van der Waals surface area contributed by atoms with Crippen molar-refractivity contribution >= 4 is 10.9 Å². The summed E-state index contributed by atoms with van der Waals surface area (Å²) in [6, 6.07) is 10.9. The summed E-state index contributed by atoms with van der Waals surface area (Å²) in [6.45, 7) is 7.83. The number of rotatable bonds is 3. The fourth-order valence-electron chi connectivity index (χ4n) is 2.02. The highest BCUT2D eigenvalue weighted by molar-refractivity contribution is 5.78. The van der Waals surface area contributed by atoms with Crippen LogP contribution >= 0.6 is 0 Å². The number of fused-ring (bicyclic) bond motifs is 1. The summed E-state index contributed by atoms with van der Waals surface area (Å²) < 4.78 is 2.36. The number of hydrogen-bond acceptors (Lipinski definition) is 0. The van der Waals surface area contributed by atoms with Crippen LogP contribution in [0, 0.1) is 12.8 Å². The van der Waals surface area contributed by atoms with Gasteiger partial charge in [-0.3, -0.25) is 0 Å². The molecule has 0 saturated carbocycles. The lowest BCUT2D eigenvalue weighted by molar-refractivity contribution is -0.672. The first-order valence-corrected chi connectivity index (χ1v) is 6.06. The summed E-state index contributed by atoms with van der Waals surface area (Å²) >= 11 is 0. The van der Waals surface area contributed by atoms with Gasteiger partial charge in [0.15, 0.2) is 6.20 Å². The molecule has 2 rings (SSSR count). The number of hydrogen-bond donors (Lipinski definition) is 0. The largest absolute Gasteiger partial charge is 1.00 e. The lowest BCUT2D eigenvalue weighted by Gasteiger charge is -2.05. The molecule has 0 fully saturated rings. The maximum atomic E-state index is 2.36. The quantitative estimate of drug-likeness (QED) is 0.565. The Labute approximate surface area is 121 Å². The summed E-state index contributed by atoms with van der Waals surface area (Å²) in [4.78, 5) is 0. The molecule has 2 heteroatoms. The molecular weight excluding hydrogens is 321 g/mol. The lowest BCUT2D eigenvalue weighted by atomic mass is 10.1. The zero-order chi connectivity index (χ0) is 11.5. The molecule has 0 aliphatic heterocycles. The van der Waals surface area contributed by atoms with Crippen LogP contribution in [0.2, 0.25) is 0 Å². The van der Waals surface area contributed by atoms with E-state index in [1.807, 2.05) is 0 Å². The van der Waals surface area contributed by atoms with Gasteiger partial charge >= 0.3 is 0 Å². The third-order valence-electron chi connectivity index (χ3n) is 3.09. The first kappa shape index (κ1) is 14.4. The van der Waals surface area contributed by atoms with Gasteiger partial charge in [-0.2, -0.15) is 4.57 Å². The molecule has 1 aromatic heterocycles. The summed E-state index contributed by atoms with van der Waals surface area (Å²) in [5, 5.41) is 1.37. The van der Waals surface area contributed by atoms with Gasteiger partial charge in [0.25, 0.3) is 0 Å². The molecule has 0 N–H and O–H groups in total. The molecule has 92 valence electrons. The molecule has 0 saturated heterocycles. The Bertz CT molecular complexity index is 491. The number of para-hydroxylation sites is 1. The molecule has 0 spiro atoms. The van der Waals surface area contributed by atoms with Crippen molar-refractivity contribution in [3.05, 3.63) is 42.1 Å². The molecule has 0 bridgehead atoms. The molecule has 1 heterocycles. The van der Waals surface area contributed by atoms with Crippen LogP contribution < -0.4 is 28.5 Å². The Morgan fingerprint density at radius 2 is 1.82 bits per heavy atom. The van der Waals surface area contributed by atoms with Crippen molar-refractivity contribution < 1.29 is 28.5 Å². The lowest BCUT2D eigenvalue weighted by Crippen LogP contribution is -3.00. The fourth-order valence-corrected chi connectivity index (χ4v) is 2.02. The molecule has 0 amide bonds. The predicted octanol–water partition coefficient (Wildman–Crippen LogP) is 0.486. The van der Waals surface area contributed by atoms with Crippen LogP contribution in [0.3, 0.4) is 0 Å². The summed E-state index contributed by atoms with van der Waals surface area (Å²) in [6.07, 6.45) is 3.44. The van der Waals surface area contributed by atoms with Gasteiger partial charge in [-0.25, -0.2) is 0 Å². The first-order valence-electron chi connectivity index (χ1n) is 6.06. The zero-order valence-corrected chi connectivity index (χ0v) is 12.9. The second-order valence-corrected chi connectivity index (χ2v) is 4.89. The van der Waals surface area contributed by atoms with Crippen LogP contribution in [0.5, 0.6) is 0 Å². The Hall–Kier alpha value is -0.640. The summed E-state index contributed by atoms with van der Waals surface area (Å²) in [5.74, 6) is 0.757. The summed E-state index contributed by atoms with van der Waals surface area (Å²) in [7, 11) is 0. The Morgan fingerprint density at radius 3 is 2.53 bits per heavy atom. The van der Waals surface area contributed by atoms with E-state index in [2.05, 4.69) is 61.9 Å². The molecular formula is C15H20IN.